The average molecular weight is 390 g/mol. The molecule has 0 unspecified atom stereocenters. The summed E-state index contributed by atoms with van der Waals surface area (Å²) in [6.07, 6.45) is 2.58. The van der Waals surface area contributed by atoms with Gasteiger partial charge < -0.3 is 20.5 Å². The molecule has 0 saturated carbocycles. The molecular formula is C23H22N2O4. The highest BCUT2D eigenvalue weighted by molar-refractivity contribution is 5.99. The number of carbonyl (C=O) groups is 2. The number of amides is 2. The minimum Gasteiger partial charge on any atom is -0.496 e. The normalized spacial score (nSPS) is 9.83. The van der Waals surface area contributed by atoms with E-state index < -0.39 is 5.97 Å². The summed E-state index contributed by atoms with van der Waals surface area (Å²) in [5.41, 5.74) is 2.30. The van der Waals surface area contributed by atoms with Gasteiger partial charge in [-0.1, -0.05) is 54.6 Å². The largest absolute Gasteiger partial charge is 0.496 e. The van der Waals surface area contributed by atoms with Gasteiger partial charge in [0.2, 0.25) is 0 Å². The lowest BCUT2D eigenvalue weighted by atomic mass is 10.2. The Bertz CT molecular complexity index is 898. The van der Waals surface area contributed by atoms with Crippen molar-refractivity contribution < 1.29 is 19.4 Å². The van der Waals surface area contributed by atoms with Crippen molar-refractivity contribution >= 4 is 29.5 Å². The van der Waals surface area contributed by atoms with E-state index in [0.717, 1.165) is 23.0 Å². The molecule has 148 valence electrons. The zero-order valence-electron chi connectivity index (χ0n) is 15.9. The number of carboxylic acid groups (broad SMARTS) is 1. The summed E-state index contributed by atoms with van der Waals surface area (Å²) in [7, 11) is 1.55. The molecule has 2 amide bonds. The van der Waals surface area contributed by atoms with Crippen LogP contribution in [0.4, 0.5) is 16.2 Å². The summed E-state index contributed by atoms with van der Waals surface area (Å²) in [4.78, 5) is 21.8. The summed E-state index contributed by atoms with van der Waals surface area (Å²) < 4.78 is 5.03. The summed E-state index contributed by atoms with van der Waals surface area (Å²) in [6, 6.07) is 25.6. The molecule has 6 heteroatoms. The molecule has 0 fully saturated rings. The van der Waals surface area contributed by atoms with Gasteiger partial charge in [-0.25, -0.2) is 9.59 Å². The van der Waals surface area contributed by atoms with Gasteiger partial charge in [0.1, 0.15) is 5.75 Å². The molecule has 0 aliphatic heterocycles. The Kier molecular flexibility index (Phi) is 8.50. The van der Waals surface area contributed by atoms with Crippen LogP contribution in [0.15, 0.2) is 91.0 Å². The highest BCUT2D eigenvalue weighted by Gasteiger charge is 2.00. The Morgan fingerprint density at radius 1 is 0.793 bits per heavy atom. The number of para-hydroxylation sites is 3. The van der Waals surface area contributed by atoms with Crippen molar-refractivity contribution in [1.82, 2.24) is 0 Å². The molecule has 0 bridgehead atoms. The number of urea groups is 1. The van der Waals surface area contributed by atoms with Crippen molar-refractivity contribution in [3.05, 3.63) is 96.6 Å². The minimum absolute atomic E-state index is 0.239. The Morgan fingerprint density at radius 3 is 1.76 bits per heavy atom. The third kappa shape index (κ3) is 8.01. The average Bonchev–Trinajstić information content (AvgIpc) is 2.74. The number of carboxylic acids is 1. The summed E-state index contributed by atoms with van der Waals surface area (Å²) in [5, 5.41) is 13.9. The molecule has 3 N–H and O–H groups in total. The number of anilines is 2. The number of benzene rings is 3. The number of rotatable bonds is 5. The molecule has 0 saturated heterocycles. The molecule has 3 rings (SSSR count). The molecule has 3 aromatic carbocycles. The first-order chi connectivity index (χ1) is 14.1. The Labute approximate surface area is 169 Å². The molecule has 3 aromatic rings. The predicted octanol–water partition coefficient (Wildman–Crippen LogP) is 5.12. The van der Waals surface area contributed by atoms with Crippen LogP contribution in [0.2, 0.25) is 0 Å². The van der Waals surface area contributed by atoms with E-state index in [1.807, 2.05) is 72.8 Å². The van der Waals surface area contributed by atoms with Crippen molar-refractivity contribution in [3.8, 4) is 5.75 Å². The SMILES string of the molecule is COc1ccccc1C=CC(=O)O.O=C(Nc1ccccc1)Nc1ccccc1. The van der Waals surface area contributed by atoms with Crippen molar-refractivity contribution in [1.29, 1.82) is 0 Å². The fourth-order valence-electron chi connectivity index (χ4n) is 2.30. The van der Waals surface area contributed by atoms with E-state index in [0.29, 0.717) is 5.75 Å². The number of carbonyl (C=O) groups excluding carboxylic acids is 1. The van der Waals surface area contributed by atoms with Crippen LogP contribution in [0.25, 0.3) is 6.08 Å². The molecule has 0 atom stereocenters. The number of ether oxygens (including phenoxy) is 1. The Balaban J connectivity index is 0.000000212. The van der Waals surface area contributed by atoms with E-state index in [9.17, 15) is 9.59 Å². The molecule has 0 aromatic heterocycles. The molecule has 0 aliphatic carbocycles. The molecule has 0 radical (unpaired) electrons. The topological polar surface area (TPSA) is 87.7 Å². The van der Waals surface area contributed by atoms with Crippen LogP contribution in [0.5, 0.6) is 5.75 Å². The second kappa shape index (κ2) is 11.6. The van der Waals surface area contributed by atoms with Crippen molar-refractivity contribution in [3.63, 3.8) is 0 Å². The van der Waals surface area contributed by atoms with Crippen molar-refractivity contribution in [2.45, 2.75) is 0 Å². The van der Waals surface area contributed by atoms with Gasteiger partial charge in [0.05, 0.1) is 7.11 Å². The first-order valence-corrected chi connectivity index (χ1v) is 8.80. The summed E-state index contributed by atoms with van der Waals surface area (Å²) in [5.74, 6) is -0.300. The van der Waals surface area contributed by atoms with Gasteiger partial charge in [0.15, 0.2) is 0 Å². The van der Waals surface area contributed by atoms with Gasteiger partial charge in [-0.05, 0) is 36.4 Å². The maximum Gasteiger partial charge on any atom is 0.328 e. The van der Waals surface area contributed by atoms with Gasteiger partial charge >= 0.3 is 12.0 Å². The summed E-state index contributed by atoms with van der Waals surface area (Å²) >= 11 is 0. The van der Waals surface area contributed by atoms with Crippen LogP contribution in [0, 0.1) is 0 Å². The second-order valence-corrected chi connectivity index (χ2v) is 5.72. The third-order valence-corrected chi connectivity index (χ3v) is 3.61. The summed E-state index contributed by atoms with van der Waals surface area (Å²) in [6.45, 7) is 0. The molecule has 0 spiro atoms. The molecule has 6 nitrogen and oxygen atoms in total. The van der Waals surface area contributed by atoms with Crippen LogP contribution in [-0.4, -0.2) is 24.2 Å². The van der Waals surface area contributed by atoms with E-state index in [-0.39, 0.29) is 6.03 Å². The van der Waals surface area contributed by atoms with Gasteiger partial charge in [0.25, 0.3) is 0 Å². The van der Waals surface area contributed by atoms with Crippen LogP contribution >= 0.6 is 0 Å². The minimum atomic E-state index is -0.967. The van der Waals surface area contributed by atoms with Gasteiger partial charge in [0, 0.05) is 23.0 Å². The van der Waals surface area contributed by atoms with Crippen LogP contribution in [0.3, 0.4) is 0 Å². The fourth-order valence-corrected chi connectivity index (χ4v) is 2.30. The highest BCUT2D eigenvalue weighted by atomic mass is 16.5. The monoisotopic (exact) mass is 390 g/mol. The van der Waals surface area contributed by atoms with Crippen LogP contribution in [0.1, 0.15) is 5.56 Å². The van der Waals surface area contributed by atoms with E-state index in [4.69, 9.17) is 9.84 Å². The first-order valence-electron chi connectivity index (χ1n) is 8.80. The lowest BCUT2D eigenvalue weighted by Gasteiger charge is -2.06. The van der Waals surface area contributed by atoms with Crippen LogP contribution < -0.4 is 15.4 Å². The lowest BCUT2D eigenvalue weighted by Crippen LogP contribution is -2.19. The Morgan fingerprint density at radius 2 is 1.28 bits per heavy atom. The van der Waals surface area contributed by atoms with E-state index in [2.05, 4.69) is 10.6 Å². The standard InChI is InChI=1S/C13H12N2O.C10H10O3/c16-13(14-11-7-3-1-4-8-11)15-12-9-5-2-6-10-12;1-13-9-5-3-2-4-8(9)6-7-10(11)12/h1-10H,(H2,14,15,16);2-7H,1H3,(H,11,12). The van der Waals surface area contributed by atoms with E-state index in [1.54, 1.807) is 19.2 Å². The fraction of sp³-hybridized carbons (Fsp3) is 0.0435. The number of hydrogen-bond donors (Lipinski definition) is 3. The maximum absolute atomic E-state index is 11.6. The second-order valence-electron chi connectivity index (χ2n) is 5.72. The smallest absolute Gasteiger partial charge is 0.328 e. The first kappa shape index (κ1) is 21.2. The zero-order chi connectivity index (χ0) is 20.9. The maximum atomic E-state index is 11.6. The number of nitrogens with one attached hydrogen (secondary N) is 2. The van der Waals surface area contributed by atoms with Crippen LogP contribution in [-0.2, 0) is 4.79 Å². The third-order valence-electron chi connectivity index (χ3n) is 3.61. The molecular weight excluding hydrogens is 368 g/mol. The van der Waals surface area contributed by atoms with E-state index in [1.165, 1.54) is 6.08 Å². The van der Waals surface area contributed by atoms with Gasteiger partial charge in [-0.3, -0.25) is 0 Å². The molecule has 0 aliphatic rings. The lowest BCUT2D eigenvalue weighted by molar-refractivity contribution is -0.131. The highest BCUT2D eigenvalue weighted by Crippen LogP contribution is 2.18. The van der Waals surface area contributed by atoms with E-state index >= 15 is 0 Å². The van der Waals surface area contributed by atoms with Crippen molar-refractivity contribution in [2.24, 2.45) is 0 Å². The predicted molar refractivity (Wildman–Crippen MR) is 115 cm³/mol. The zero-order valence-corrected chi connectivity index (χ0v) is 15.9. The van der Waals surface area contributed by atoms with Gasteiger partial charge in [-0.15, -0.1) is 0 Å². The Hall–Kier alpha value is -4.06. The number of hydrogen-bond acceptors (Lipinski definition) is 3. The van der Waals surface area contributed by atoms with Crippen molar-refractivity contribution in [2.75, 3.05) is 17.7 Å². The van der Waals surface area contributed by atoms with Gasteiger partial charge in [-0.2, -0.15) is 0 Å². The molecule has 0 heterocycles. The number of aliphatic carboxylic acids is 1. The quantitative estimate of drug-likeness (QED) is 0.528. The number of methoxy groups -OCH3 is 1. The molecule has 29 heavy (non-hydrogen) atoms.